The summed E-state index contributed by atoms with van der Waals surface area (Å²) in [5.41, 5.74) is 9.16. The molecule has 4 nitrogen and oxygen atoms in total. The molecule has 0 spiro atoms. The number of halogens is 1. The number of rotatable bonds is 2. The van der Waals surface area contributed by atoms with Gasteiger partial charge in [-0.1, -0.05) is 17.7 Å². The highest BCUT2D eigenvalue weighted by Gasteiger charge is 2.17. The number of hydrogen-bond acceptors (Lipinski definition) is 3. The molecule has 0 aliphatic heterocycles. The molecule has 0 saturated heterocycles. The topological polar surface area (TPSA) is 56.7 Å². The van der Waals surface area contributed by atoms with Crippen LogP contribution in [0.1, 0.15) is 19.9 Å². The maximum absolute atomic E-state index is 6.34. The van der Waals surface area contributed by atoms with Crippen molar-refractivity contribution in [3.8, 4) is 11.4 Å². The summed E-state index contributed by atoms with van der Waals surface area (Å²) in [6, 6.07) is 7.86. The van der Waals surface area contributed by atoms with E-state index in [1.165, 1.54) is 0 Å². The third-order valence-corrected chi connectivity index (χ3v) is 3.50. The summed E-state index contributed by atoms with van der Waals surface area (Å²) < 4.78 is 2.12. The Kier molecular flexibility index (Phi) is 3.10. The van der Waals surface area contributed by atoms with Crippen LogP contribution >= 0.6 is 11.6 Å². The Morgan fingerprint density at radius 3 is 2.75 bits per heavy atom. The first-order chi connectivity index (χ1) is 9.58. The zero-order valence-corrected chi connectivity index (χ0v) is 12.1. The predicted octanol–water partition coefficient (Wildman–Crippen LogP) is 3.91. The molecule has 2 aromatic heterocycles. The highest BCUT2D eigenvalue weighted by molar-refractivity contribution is 6.35. The largest absolute Gasteiger partial charge is 0.397 e. The van der Waals surface area contributed by atoms with Crippen LogP contribution in [0.4, 0.5) is 5.69 Å². The highest BCUT2D eigenvalue weighted by Crippen LogP contribution is 2.32. The standard InChI is InChI=1S/C15H15ClN4/c1-9(2)20-14-12(16)4-3-5-13(14)19-15(20)10-6-11(17)8-18-7-10/h3-9H,17H2,1-2H3. The minimum absolute atomic E-state index is 0.233. The van der Waals surface area contributed by atoms with Crippen molar-refractivity contribution < 1.29 is 0 Å². The lowest BCUT2D eigenvalue weighted by Gasteiger charge is -2.13. The molecule has 20 heavy (non-hydrogen) atoms. The van der Waals surface area contributed by atoms with Crippen LogP contribution in [0.2, 0.25) is 5.02 Å². The van der Waals surface area contributed by atoms with Crippen molar-refractivity contribution in [2.45, 2.75) is 19.9 Å². The third kappa shape index (κ3) is 2.02. The number of aromatic nitrogens is 3. The Hall–Kier alpha value is -2.07. The van der Waals surface area contributed by atoms with Gasteiger partial charge in [0.1, 0.15) is 5.82 Å². The fraction of sp³-hybridized carbons (Fsp3) is 0.200. The Morgan fingerprint density at radius 2 is 2.05 bits per heavy atom. The minimum atomic E-state index is 0.233. The number of nitrogen functional groups attached to an aromatic ring is 1. The van der Waals surface area contributed by atoms with E-state index in [9.17, 15) is 0 Å². The molecule has 0 aliphatic rings. The van der Waals surface area contributed by atoms with Crippen LogP contribution in [0.25, 0.3) is 22.4 Å². The number of para-hydroxylation sites is 1. The number of fused-ring (bicyclic) bond motifs is 1. The van der Waals surface area contributed by atoms with Crippen LogP contribution in [0.15, 0.2) is 36.7 Å². The summed E-state index contributed by atoms with van der Waals surface area (Å²) in [7, 11) is 0. The zero-order valence-electron chi connectivity index (χ0n) is 11.3. The van der Waals surface area contributed by atoms with Crippen LogP contribution in [-0.2, 0) is 0 Å². The number of benzene rings is 1. The quantitative estimate of drug-likeness (QED) is 0.777. The molecule has 0 bridgehead atoms. The lowest BCUT2D eigenvalue weighted by Crippen LogP contribution is -2.04. The van der Waals surface area contributed by atoms with E-state index in [-0.39, 0.29) is 6.04 Å². The fourth-order valence-electron chi connectivity index (χ4n) is 2.39. The second-order valence-electron chi connectivity index (χ2n) is 5.01. The number of imidazole rings is 1. The lowest BCUT2D eigenvalue weighted by atomic mass is 10.2. The van der Waals surface area contributed by atoms with Gasteiger partial charge in [-0.3, -0.25) is 4.98 Å². The third-order valence-electron chi connectivity index (χ3n) is 3.19. The Bertz CT molecular complexity index is 777. The van der Waals surface area contributed by atoms with Crippen molar-refractivity contribution in [1.29, 1.82) is 0 Å². The molecule has 0 saturated carbocycles. The van der Waals surface area contributed by atoms with Gasteiger partial charge >= 0.3 is 0 Å². The Morgan fingerprint density at radius 1 is 1.25 bits per heavy atom. The van der Waals surface area contributed by atoms with E-state index in [4.69, 9.17) is 17.3 Å². The smallest absolute Gasteiger partial charge is 0.143 e. The van der Waals surface area contributed by atoms with E-state index < -0.39 is 0 Å². The second-order valence-corrected chi connectivity index (χ2v) is 5.42. The Balaban J connectivity index is 2.36. The van der Waals surface area contributed by atoms with Gasteiger partial charge in [0, 0.05) is 24.0 Å². The van der Waals surface area contributed by atoms with Gasteiger partial charge < -0.3 is 10.3 Å². The molecule has 0 atom stereocenters. The molecule has 102 valence electrons. The first kappa shape index (κ1) is 12.9. The minimum Gasteiger partial charge on any atom is -0.397 e. The van der Waals surface area contributed by atoms with Crippen molar-refractivity contribution >= 4 is 28.3 Å². The molecule has 2 N–H and O–H groups in total. The van der Waals surface area contributed by atoms with Crippen molar-refractivity contribution in [3.05, 3.63) is 41.7 Å². The lowest BCUT2D eigenvalue weighted by molar-refractivity contribution is 0.624. The summed E-state index contributed by atoms with van der Waals surface area (Å²) in [5, 5.41) is 0.701. The maximum Gasteiger partial charge on any atom is 0.143 e. The maximum atomic E-state index is 6.34. The molecule has 1 aromatic carbocycles. The van der Waals surface area contributed by atoms with Gasteiger partial charge in [-0.2, -0.15) is 0 Å². The molecule has 0 radical (unpaired) electrons. The second kappa shape index (κ2) is 4.80. The van der Waals surface area contributed by atoms with Crippen molar-refractivity contribution in [2.75, 3.05) is 5.73 Å². The van der Waals surface area contributed by atoms with Crippen LogP contribution < -0.4 is 5.73 Å². The van der Waals surface area contributed by atoms with Gasteiger partial charge in [0.2, 0.25) is 0 Å². The van der Waals surface area contributed by atoms with E-state index in [1.807, 2.05) is 24.3 Å². The van der Waals surface area contributed by atoms with Crippen molar-refractivity contribution in [1.82, 2.24) is 14.5 Å². The average molecular weight is 287 g/mol. The molecular formula is C15H15ClN4. The van der Waals surface area contributed by atoms with E-state index in [0.717, 1.165) is 22.4 Å². The van der Waals surface area contributed by atoms with Gasteiger partial charge in [-0.25, -0.2) is 4.98 Å². The number of nitrogens with two attached hydrogens (primary N) is 1. The molecular weight excluding hydrogens is 272 g/mol. The van der Waals surface area contributed by atoms with E-state index >= 15 is 0 Å². The van der Waals surface area contributed by atoms with E-state index in [0.29, 0.717) is 10.7 Å². The normalized spacial score (nSPS) is 11.4. The number of anilines is 1. The SMILES string of the molecule is CC(C)n1c(-c2cncc(N)c2)nc2cccc(Cl)c21. The monoisotopic (exact) mass is 286 g/mol. The van der Waals surface area contributed by atoms with Crippen LogP contribution in [0, 0.1) is 0 Å². The fourth-order valence-corrected chi connectivity index (χ4v) is 2.65. The highest BCUT2D eigenvalue weighted by atomic mass is 35.5. The van der Waals surface area contributed by atoms with Crippen molar-refractivity contribution in [2.24, 2.45) is 0 Å². The van der Waals surface area contributed by atoms with E-state index in [2.05, 4.69) is 28.4 Å². The number of pyridine rings is 1. The Labute approximate surface area is 122 Å². The van der Waals surface area contributed by atoms with E-state index in [1.54, 1.807) is 12.4 Å². The van der Waals surface area contributed by atoms with Gasteiger partial charge in [0.25, 0.3) is 0 Å². The first-order valence-electron chi connectivity index (χ1n) is 6.45. The van der Waals surface area contributed by atoms with Crippen LogP contribution in [0.3, 0.4) is 0 Å². The van der Waals surface area contributed by atoms with Crippen molar-refractivity contribution in [3.63, 3.8) is 0 Å². The van der Waals surface area contributed by atoms with Gasteiger partial charge in [0.05, 0.1) is 21.7 Å². The zero-order chi connectivity index (χ0) is 14.3. The molecule has 2 heterocycles. The number of nitrogens with zero attached hydrogens (tertiary/aromatic N) is 3. The average Bonchev–Trinajstić information content (AvgIpc) is 2.79. The summed E-state index contributed by atoms with van der Waals surface area (Å²) in [6.45, 7) is 4.21. The molecule has 0 aliphatic carbocycles. The van der Waals surface area contributed by atoms with Gasteiger partial charge in [-0.05, 0) is 32.0 Å². The van der Waals surface area contributed by atoms with Crippen LogP contribution in [0.5, 0.6) is 0 Å². The molecule has 3 rings (SSSR count). The molecule has 0 amide bonds. The predicted molar refractivity (Wildman–Crippen MR) is 82.8 cm³/mol. The van der Waals surface area contributed by atoms with Gasteiger partial charge in [0.15, 0.2) is 0 Å². The number of hydrogen-bond donors (Lipinski definition) is 1. The molecule has 3 aromatic rings. The summed E-state index contributed by atoms with van der Waals surface area (Å²) in [4.78, 5) is 8.83. The molecule has 0 unspecified atom stereocenters. The molecule has 5 heteroatoms. The van der Waals surface area contributed by atoms with Crippen LogP contribution in [-0.4, -0.2) is 14.5 Å². The summed E-state index contributed by atoms with van der Waals surface area (Å²) in [5.74, 6) is 0.836. The molecule has 0 fully saturated rings. The van der Waals surface area contributed by atoms with Gasteiger partial charge in [-0.15, -0.1) is 0 Å². The summed E-state index contributed by atoms with van der Waals surface area (Å²) in [6.07, 6.45) is 3.39. The first-order valence-corrected chi connectivity index (χ1v) is 6.83. The summed E-state index contributed by atoms with van der Waals surface area (Å²) >= 11 is 6.34.